The lowest BCUT2D eigenvalue weighted by Gasteiger charge is -2.10. The summed E-state index contributed by atoms with van der Waals surface area (Å²) in [5, 5.41) is 11.3. The Morgan fingerprint density at radius 3 is 2.56 bits per heavy atom. The van der Waals surface area contributed by atoms with Gasteiger partial charge in [-0.25, -0.2) is 0 Å². The Morgan fingerprint density at radius 2 is 2.06 bits per heavy atom. The van der Waals surface area contributed by atoms with Crippen LogP contribution in [0.5, 0.6) is 0 Å². The van der Waals surface area contributed by atoms with Crippen LogP contribution >= 0.6 is 11.6 Å². The second kappa shape index (κ2) is 4.99. The van der Waals surface area contributed by atoms with Crippen molar-refractivity contribution in [3.63, 3.8) is 0 Å². The zero-order chi connectivity index (χ0) is 12.3. The minimum absolute atomic E-state index is 0.278. The number of carbonyl (C=O) groups is 2. The van der Waals surface area contributed by atoms with E-state index in [9.17, 15) is 9.59 Å². The van der Waals surface area contributed by atoms with E-state index in [2.05, 4.69) is 5.32 Å². The molecule has 0 aliphatic carbocycles. The molecule has 5 heteroatoms. The highest BCUT2D eigenvalue weighted by atomic mass is 35.5. The number of carboxylic acids is 1. The fourth-order valence-corrected chi connectivity index (χ4v) is 1.46. The van der Waals surface area contributed by atoms with Crippen molar-refractivity contribution >= 4 is 23.5 Å². The van der Waals surface area contributed by atoms with E-state index in [-0.39, 0.29) is 5.56 Å². The van der Waals surface area contributed by atoms with E-state index < -0.39 is 17.9 Å². The van der Waals surface area contributed by atoms with Crippen molar-refractivity contribution in [3.8, 4) is 0 Å². The van der Waals surface area contributed by atoms with Crippen LogP contribution in [0.2, 0.25) is 5.02 Å². The molecule has 0 heterocycles. The molecule has 0 spiro atoms. The predicted molar refractivity (Wildman–Crippen MR) is 60.8 cm³/mol. The first-order chi connectivity index (χ1) is 7.41. The van der Waals surface area contributed by atoms with Gasteiger partial charge in [-0.15, -0.1) is 0 Å². The van der Waals surface area contributed by atoms with Gasteiger partial charge in [0, 0.05) is 0 Å². The van der Waals surface area contributed by atoms with E-state index in [0.717, 1.165) is 5.56 Å². The van der Waals surface area contributed by atoms with Crippen LogP contribution in [0.15, 0.2) is 18.2 Å². The molecular weight excluding hydrogens is 230 g/mol. The summed E-state index contributed by atoms with van der Waals surface area (Å²) in [7, 11) is 0. The van der Waals surface area contributed by atoms with Crippen LogP contribution in [0.3, 0.4) is 0 Å². The number of amides is 1. The molecule has 0 fully saturated rings. The SMILES string of the molecule is Cc1ccc(C(=O)N[C@@H](C)C(=O)O)c(Cl)c1. The van der Waals surface area contributed by atoms with E-state index in [1.54, 1.807) is 18.2 Å². The number of halogens is 1. The van der Waals surface area contributed by atoms with Crippen molar-refractivity contribution in [2.75, 3.05) is 0 Å². The Kier molecular flexibility index (Phi) is 3.90. The third-order valence-corrected chi connectivity index (χ3v) is 2.40. The van der Waals surface area contributed by atoms with Gasteiger partial charge in [0.15, 0.2) is 0 Å². The van der Waals surface area contributed by atoms with Gasteiger partial charge in [0.25, 0.3) is 5.91 Å². The monoisotopic (exact) mass is 241 g/mol. The van der Waals surface area contributed by atoms with E-state index in [1.165, 1.54) is 6.92 Å². The number of carboxylic acid groups (broad SMARTS) is 1. The fourth-order valence-electron chi connectivity index (χ4n) is 1.14. The molecule has 86 valence electrons. The number of benzene rings is 1. The molecule has 16 heavy (non-hydrogen) atoms. The maximum atomic E-state index is 11.6. The molecule has 0 aliphatic heterocycles. The van der Waals surface area contributed by atoms with Gasteiger partial charge in [-0.05, 0) is 31.5 Å². The van der Waals surface area contributed by atoms with Crippen LogP contribution in [-0.4, -0.2) is 23.0 Å². The van der Waals surface area contributed by atoms with Crippen molar-refractivity contribution in [1.82, 2.24) is 5.32 Å². The van der Waals surface area contributed by atoms with Gasteiger partial charge in [0.1, 0.15) is 6.04 Å². The lowest BCUT2D eigenvalue weighted by molar-refractivity contribution is -0.138. The summed E-state index contributed by atoms with van der Waals surface area (Å²) in [5.74, 6) is -1.57. The number of carbonyl (C=O) groups excluding carboxylic acids is 1. The van der Waals surface area contributed by atoms with E-state index in [4.69, 9.17) is 16.7 Å². The summed E-state index contributed by atoms with van der Waals surface area (Å²) >= 11 is 5.88. The predicted octanol–water partition coefficient (Wildman–Crippen LogP) is 1.85. The molecule has 1 rings (SSSR count). The third kappa shape index (κ3) is 2.97. The van der Waals surface area contributed by atoms with E-state index in [0.29, 0.717) is 5.02 Å². The molecule has 1 amide bonds. The lowest BCUT2D eigenvalue weighted by Crippen LogP contribution is -2.38. The molecule has 0 bridgehead atoms. The molecule has 1 aromatic carbocycles. The van der Waals surface area contributed by atoms with E-state index >= 15 is 0 Å². The van der Waals surface area contributed by atoms with Gasteiger partial charge in [-0.3, -0.25) is 9.59 Å². The van der Waals surface area contributed by atoms with Crippen molar-refractivity contribution < 1.29 is 14.7 Å². The fraction of sp³-hybridized carbons (Fsp3) is 0.273. The lowest BCUT2D eigenvalue weighted by atomic mass is 10.1. The Bertz CT molecular complexity index is 431. The number of aliphatic carboxylic acids is 1. The first kappa shape index (κ1) is 12.5. The van der Waals surface area contributed by atoms with Gasteiger partial charge in [0.2, 0.25) is 0 Å². The molecule has 0 unspecified atom stereocenters. The van der Waals surface area contributed by atoms with E-state index in [1.807, 2.05) is 6.92 Å². The molecule has 0 aromatic heterocycles. The summed E-state index contributed by atoms with van der Waals surface area (Å²) < 4.78 is 0. The molecule has 0 aliphatic rings. The van der Waals surface area contributed by atoms with Gasteiger partial charge in [-0.2, -0.15) is 0 Å². The normalized spacial score (nSPS) is 11.9. The summed E-state index contributed by atoms with van der Waals surface area (Å²) in [6, 6.07) is 4.03. The highest BCUT2D eigenvalue weighted by molar-refractivity contribution is 6.33. The number of aryl methyl sites for hydroxylation is 1. The molecule has 1 atom stereocenters. The smallest absolute Gasteiger partial charge is 0.325 e. The van der Waals surface area contributed by atoms with Crippen molar-refractivity contribution in [3.05, 3.63) is 34.3 Å². The largest absolute Gasteiger partial charge is 0.480 e. The number of nitrogens with one attached hydrogen (secondary N) is 1. The van der Waals surface area contributed by atoms with Gasteiger partial charge in [-0.1, -0.05) is 17.7 Å². The number of rotatable bonds is 3. The molecular formula is C11H12ClNO3. The molecule has 0 radical (unpaired) electrons. The van der Waals surface area contributed by atoms with Crippen LogP contribution in [0, 0.1) is 6.92 Å². The maximum Gasteiger partial charge on any atom is 0.325 e. The topological polar surface area (TPSA) is 66.4 Å². The Hall–Kier alpha value is -1.55. The van der Waals surface area contributed by atoms with Gasteiger partial charge < -0.3 is 10.4 Å². The first-order valence-electron chi connectivity index (χ1n) is 4.71. The Morgan fingerprint density at radius 1 is 1.44 bits per heavy atom. The summed E-state index contributed by atoms with van der Waals surface area (Å²) in [4.78, 5) is 22.2. The zero-order valence-electron chi connectivity index (χ0n) is 8.95. The summed E-state index contributed by atoms with van der Waals surface area (Å²) in [5.41, 5.74) is 1.22. The summed E-state index contributed by atoms with van der Waals surface area (Å²) in [6.45, 7) is 3.25. The minimum atomic E-state index is -1.09. The van der Waals surface area contributed by atoms with Crippen LogP contribution in [0.1, 0.15) is 22.8 Å². The average molecular weight is 242 g/mol. The zero-order valence-corrected chi connectivity index (χ0v) is 9.71. The van der Waals surface area contributed by atoms with Crippen molar-refractivity contribution in [1.29, 1.82) is 0 Å². The molecule has 0 saturated carbocycles. The van der Waals surface area contributed by atoms with Gasteiger partial charge in [0.05, 0.1) is 10.6 Å². The molecule has 0 saturated heterocycles. The third-order valence-electron chi connectivity index (χ3n) is 2.09. The summed E-state index contributed by atoms with van der Waals surface area (Å²) in [6.07, 6.45) is 0. The van der Waals surface area contributed by atoms with Crippen LogP contribution in [0.4, 0.5) is 0 Å². The van der Waals surface area contributed by atoms with Crippen LogP contribution in [-0.2, 0) is 4.79 Å². The molecule has 4 nitrogen and oxygen atoms in total. The minimum Gasteiger partial charge on any atom is -0.480 e. The highest BCUT2D eigenvalue weighted by Crippen LogP contribution is 2.17. The van der Waals surface area contributed by atoms with Crippen LogP contribution < -0.4 is 5.32 Å². The quantitative estimate of drug-likeness (QED) is 0.849. The molecule has 1 aromatic rings. The van der Waals surface area contributed by atoms with Gasteiger partial charge >= 0.3 is 5.97 Å². The highest BCUT2D eigenvalue weighted by Gasteiger charge is 2.16. The van der Waals surface area contributed by atoms with Crippen molar-refractivity contribution in [2.45, 2.75) is 19.9 Å². The first-order valence-corrected chi connectivity index (χ1v) is 5.09. The molecule has 2 N–H and O–H groups in total. The Labute approximate surface area is 98.2 Å². The average Bonchev–Trinajstić information content (AvgIpc) is 2.16. The second-order valence-electron chi connectivity index (χ2n) is 3.52. The van der Waals surface area contributed by atoms with Crippen molar-refractivity contribution in [2.24, 2.45) is 0 Å². The number of hydrogen-bond acceptors (Lipinski definition) is 2. The number of hydrogen-bond donors (Lipinski definition) is 2. The second-order valence-corrected chi connectivity index (χ2v) is 3.92. The standard InChI is InChI=1S/C11H12ClNO3/c1-6-3-4-8(9(12)5-6)10(14)13-7(2)11(15)16/h3-5,7H,1-2H3,(H,13,14)(H,15,16)/t7-/m0/s1. The Balaban J connectivity index is 2.85. The maximum absolute atomic E-state index is 11.6. The van der Waals surface area contributed by atoms with Crippen LogP contribution in [0.25, 0.3) is 0 Å².